The van der Waals surface area contributed by atoms with E-state index < -0.39 is 0 Å². The molecule has 1 aliphatic heterocycles. The SMILES string of the molecule is CC1(c2nc(C3CCCCCCC3)no2)CCCN1. The van der Waals surface area contributed by atoms with Crippen molar-refractivity contribution in [2.45, 2.75) is 76.2 Å². The zero-order valence-corrected chi connectivity index (χ0v) is 12.0. The van der Waals surface area contributed by atoms with Crippen LogP contribution in [0.2, 0.25) is 0 Å². The summed E-state index contributed by atoms with van der Waals surface area (Å²) in [5.74, 6) is 2.26. The predicted molar refractivity (Wildman–Crippen MR) is 73.9 cm³/mol. The molecule has 1 aromatic heterocycles. The van der Waals surface area contributed by atoms with E-state index in [2.05, 4.69) is 17.4 Å². The Labute approximate surface area is 115 Å². The van der Waals surface area contributed by atoms with Crippen LogP contribution in [0.1, 0.15) is 82.3 Å². The first kappa shape index (κ1) is 13.1. The molecule has 1 N–H and O–H groups in total. The number of nitrogens with one attached hydrogen (secondary N) is 1. The van der Waals surface area contributed by atoms with Crippen LogP contribution in [0.5, 0.6) is 0 Å². The molecule has 1 aromatic rings. The Hall–Kier alpha value is -0.900. The highest BCUT2D eigenvalue weighted by Crippen LogP contribution is 2.33. The van der Waals surface area contributed by atoms with Crippen molar-refractivity contribution >= 4 is 0 Å². The van der Waals surface area contributed by atoms with Crippen molar-refractivity contribution in [1.29, 1.82) is 0 Å². The first-order valence-corrected chi connectivity index (χ1v) is 7.87. The van der Waals surface area contributed by atoms with Gasteiger partial charge in [-0.2, -0.15) is 4.98 Å². The van der Waals surface area contributed by atoms with Crippen LogP contribution in [-0.4, -0.2) is 16.7 Å². The second kappa shape index (κ2) is 5.61. The maximum atomic E-state index is 5.55. The van der Waals surface area contributed by atoms with E-state index in [9.17, 15) is 0 Å². The van der Waals surface area contributed by atoms with Gasteiger partial charge in [0.15, 0.2) is 5.82 Å². The molecule has 2 fully saturated rings. The molecule has 1 atom stereocenters. The van der Waals surface area contributed by atoms with Crippen molar-refractivity contribution < 1.29 is 4.52 Å². The van der Waals surface area contributed by atoms with Gasteiger partial charge in [-0.05, 0) is 39.2 Å². The lowest BCUT2D eigenvalue weighted by Gasteiger charge is -2.19. The normalized spacial score (nSPS) is 30.2. The predicted octanol–water partition coefficient (Wildman–Crippen LogP) is 3.50. The zero-order valence-electron chi connectivity index (χ0n) is 12.0. The summed E-state index contributed by atoms with van der Waals surface area (Å²) in [6.07, 6.45) is 11.5. The number of nitrogens with zero attached hydrogens (tertiary/aromatic N) is 2. The van der Waals surface area contributed by atoms with Crippen molar-refractivity contribution in [3.8, 4) is 0 Å². The van der Waals surface area contributed by atoms with Crippen LogP contribution in [0.25, 0.3) is 0 Å². The Balaban J connectivity index is 1.72. The van der Waals surface area contributed by atoms with Crippen molar-refractivity contribution in [2.24, 2.45) is 0 Å². The van der Waals surface area contributed by atoms with Gasteiger partial charge in [0.2, 0.25) is 5.89 Å². The molecule has 0 radical (unpaired) electrons. The van der Waals surface area contributed by atoms with E-state index >= 15 is 0 Å². The van der Waals surface area contributed by atoms with Crippen LogP contribution in [0.15, 0.2) is 4.52 Å². The summed E-state index contributed by atoms with van der Waals surface area (Å²) in [7, 11) is 0. The number of aromatic nitrogens is 2. The second-order valence-corrected chi connectivity index (χ2v) is 6.36. The van der Waals surface area contributed by atoms with Gasteiger partial charge in [-0.3, -0.25) is 0 Å². The fourth-order valence-corrected chi connectivity index (χ4v) is 3.42. The maximum Gasteiger partial charge on any atom is 0.246 e. The van der Waals surface area contributed by atoms with Crippen molar-refractivity contribution in [2.75, 3.05) is 6.54 Å². The van der Waals surface area contributed by atoms with Crippen molar-refractivity contribution in [1.82, 2.24) is 15.5 Å². The lowest BCUT2D eigenvalue weighted by Crippen LogP contribution is -2.33. The fourth-order valence-electron chi connectivity index (χ4n) is 3.42. The quantitative estimate of drug-likeness (QED) is 0.887. The number of hydrogen-bond acceptors (Lipinski definition) is 4. The first-order valence-electron chi connectivity index (χ1n) is 7.87. The zero-order chi connectivity index (χ0) is 13.1. The first-order chi connectivity index (χ1) is 9.28. The van der Waals surface area contributed by atoms with Crippen LogP contribution in [0.4, 0.5) is 0 Å². The van der Waals surface area contributed by atoms with E-state index in [0.717, 1.165) is 24.7 Å². The minimum absolute atomic E-state index is 0.0904. The lowest BCUT2D eigenvalue weighted by atomic mass is 9.90. The van der Waals surface area contributed by atoms with Gasteiger partial charge in [-0.1, -0.05) is 37.3 Å². The minimum atomic E-state index is -0.0904. The molecule has 2 heterocycles. The van der Waals surface area contributed by atoms with Crippen molar-refractivity contribution in [3.05, 3.63) is 11.7 Å². The van der Waals surface area contributed by atoms with Gasteiger partial charge in [0, 0.05) is 5.92 Å². The Bertz CT molecular complexity index is 401. The molecule has 1 unspecified atom stereocenters. The largest absolute Gasteiger partial charge is 0.337 e. The summed E-state index contributed by atoms with van der Waals surface area (Å²) in [4.78, 5) is 4.72. The van der Waals surface area contributed by atoms with Gasteiger partial charge in [0.05, 0.1) is 5.54 Å². The third-order valence-electron chi connectivity index (χ3n) is 4.75. The molecule has 1 saturated carbocycles. The van der Waals surface area contributed by atoms with E-state index in [0.29, 0.717) is 5.92 Å². The molecule has 4 nitrogen and oxygen atoms in total. The van der Waals surface area contributed by atoms with E-state index in [4.69, 9.17) is 9.51 Å². The summed E-state index contributed by atoms with van der Waals surface area (Å²) in [5, 5.41) is 7.77. The third kappa shape index (κ3) is 2.83. The molecule has 0 amide bonds. The Kier molecular flexibility index (Phi) is 3.87. The summed E-state index contributed by atoms with van der Waals surface area (Å²) < 4.78 is 5.55. The smallest absolute Gasteiger partial charge is 0.246 e. The summed E-state index contributed by atoms with van der Waals surface area (Å²) >= 11 is 0. The summed E-state index contributed by atoms with van der Waals surface area (Å²) in [5.41, 5.74) is -0.0904. The average molecular weight is 263 g/mol. The highest BCUT2D eigenvalue weighted by molar-refractivity contribution is 5.06. The lowest BCUT2D eigenvalue weighted by molar-refractivity contribution is 0.273. The molecule has 1 aliphatic carbocycles. The maximum absolute atomic E-state index is 5.55. The molecule has 2 aliphatic rings. The van der Waals surface area contributed by atoms with E-state index in [-0.39, 0.29) is 5.54 Å². The van der Waals surface area contributed by atoms with Gasteiger partial charge < -0.3 is 9.84 Å². The van der Waals surface area contributed by atoms with E-state index in [1.807, 2.05) is 0 Å². The third-order valence-corrected chi connectivity index (χ3v) is 4.75. The molecular formula is C15H25N3O. The fraction of sp³-hybridized carbons (Fsp3) is 0.867. The molecule has 106 valence electrons. The Morgan fingerprint density at radius 3 is 2.53 bits per heavy atom. The molecule has 1 saturated heterocycles. The molecule has 0 aromatic carbocycles. The average Bonchev–Trinajstić information content (AvgIpc) is 2.98. The van der Waals surface area contributed by atoms with Crippen LogP contribution in [0, 0.1) is 0 Å². The van der Waals surface area contributed by atoms with E-state index in [1.54, 1.807) is 0 Å². The highest BCUT2D eigenvalue weighted by Gasteiger charge is 2.36. The van der Waals surface area contributed by atoms with Gasteiger partial charge in [0.25, 0.3) is 0 Å². The minimum Gasteiger partial charge on any atom is -0.337 e. The van der Waals surface area contributed by atoms with E-state index in [1.165, 1.54) is 51.4 Å². The van der Waals surface area contributed by atoms with Crippen LogP contribution in [0.3, 0.4) is 0 Å². The standard InChI is InChI=1S/C15H25N3O/c1-15(10-7-11-16-15)14-17-13(18-19-14)12-8-5-3-2-4-6-9-12/h12,16H,2-11H2,1H3. The van der Waals surface area contributed by atoms with Gasteiger partial charge in [-0.25, -0.2) is 0 Å². The second-order valence-electron chi connectivity index (χ2n) is 6.36. The monoisotopic (exact) mass is 263 g/mol. The summed E-state index contributed by atoms with van der Waals surface area (Å²) in [6, 6.07) is 0. The van der Waals surface area contributed by atoms with Crippen LogP contribution in [-0.2, 0) is 5.54 Å². The van der Waals surface area contributed by atoms with Crippen LogP contribution >= 0.6 is 0 Å². The molecule has 0 spiro atoms. The van der Waals surface area contributed by atoms with Gasteiger partial charge >= 0.3 is 0 Å². The molecule has 3 rings (SSSR count). The van der Waals surface area contributed by atoms with Crippen LogP contribution < -0.4 is 5.32 Å². The number of rotatable bonds is 2. The topological polar surface area (TPSA) is 51.0 Å². The van der Waals surface area contributed by atoms with Gasteiger partial charge in [-0.15, -0.1) is 0 Å². The molecule has 4 heteroatoms. The van der Waals surface area contributed by atoms with Crippen molar-refractivity contribution in [3.63, 3.8) is 0 Å². The highest BCUT2D eigenvalue weighted by atomic mass is 16.5. The number of hydrogen-bond donors (Lipinski definition) is 1. The summed E-state index contributed by atoms with van der Waals surface area (Å²) in [6.45, 7) is 3.23. The Morgan fingerprint density at radius 2 is 1.84 bits per heavy atom. The molecule has 0 bridgehead atoms. The molecule has 19 heavy (non-hydrogen) atoms. The van der Waals surface area contributed by atoms with Gasteiger partial charge in [0.1, 0.15) is 0 Å². The Morgan fingerprint density at radius 1 is 1.11 bits per heavy atom. The molecular weight excluding hydrogens is 238 g/mol.